The summed E-state index contributed by atoms with van der Waals surface area (Å²) in [7, 11) is 4.98. The fourth-order valence-electron chi connectivity index (χ4n) is 3.17. The molecule has 0 aliphatic heterocycles. The van der Waals surface area contributed by atoms with Crippen molar-refractivity contribution < 1.29 is 32.2 Å². The van der Waals surface area contributed by atoms with Gasteiger partial charge in [0.25, 0.3) is 5.91 Å². The van der Waals surface area contributed by atoms with E-state index in [1.54, 1.807) is 25.1 Å². The maximum absolute atomic E-state index is 13.9. The quantitative estimate of drug-likeness (QED) is 0.325. The third-order valence-corrected chi connectivity index (χ3v) is 5.26. The minimum absolute atomic E-state index is 0.0352. The average molecular weight is 552 g/mol. The van der Waals surface area contributed by atoms with Crippen LogP contribution < -0.4 is 25.4 Å². The highest BCUT2D eigenvalue weighted by Gasteiger charge is 2.39. The van der Waals surface area contributed by atoms with Crippen LogP contribution in [0, 0.1) is 0 Å². The van der Waals surface area contributed by atoms with E-state index in [-0.39, 0.29) is 23.2 Å². The largest absolute Gasteiger partial charge is 0.490 e. The highest BCUT2D eigenvalue weighted by Crippen LogP contribution is 2.45. The standard InChI is InChI=1S/C25H25ClF3N5O4/c1-30-23(35)20-14-17(10-11-31-20)38-16-6-4-15(5-7-16)32-24(36)33-19-9-8-18(26)22(21(19)25(27,28)29)37-13-12-34(2)3/h4-11,14H,12-13H2,1-3H3,(H,30,35)(H2,32,33,36). The van der Waals surface area contributed by atoms with Gasteiger partial charge >= 0.3 is 12.2 Å². The molecule has 3 amide bonds. The van der Waals surface area contributed by atoms with Gasteiger partial charge in [0.1, 0.15) is 29.4 Å². The molecular weight excluding hydrogens is 527 g/mol. The summed E-state index contributed by atoms with van der Waals surface area (Å²) < 4.78 is 52.7. The molecule has 0 atom stereocenters. The summed E-state index contributed by atoms with van der Waals surface area (Å²) in [5.41, 5.74) is -1.23. The molecule has 0 saturated carbocycles. The lowest BCUT2D eigenvalue weighted by Crippen LogP contribution is -2.23. The lowest BCUT2D eigenvalue weighted by atomic mass is 10.1. The fraction of sp³-hybridized carbons (Fsp3) is 0.240. The Hall–Kier alpha value is -4.03. The Morgan fingerprint density at radius 1 is 1.03 bits per heavy atom. The summed E-state index contributed by atoms with van der Waals surface area (Å²) in [6.07, 6.45) is -3.42. The molecule has 0 spiro atoms. The van der Waals surface area contributed by atoms with Crippen LogP contribution in [0.2, 0.25) is 5.02 Å². The van der Waals surface area contributed by atoms with Crippen molar-refractivity contribution in [3.8, 4) is 17.2 Å². The van der Waals surface area contributed by atoms with Crippen molar-refractivity contribution in [3.63, 3.8) is 0 Å². The number of ether oxygens (including phenoxy) is 2. The van der Waals surface area contributed by atoms with E-state index in [2.05, 4.69) is 20.9 Å². The van der Waals surface area contributed by atoms with Gasteiger partial charge in [-0.3, -0.25) is 9.78 Å². The van der Waals surface area contributed by atoms with Crippen molar-refractivity contribution in [1.82, 2.24) is 15.2 Å². The van der Waals surface area contributed by atoms with Crippen LogP contribution in [0.1, 0.15) is 16.1 Å². The maximum atomic E-state index is 13.9. The molecule has 3 rings (SSSR count). The molecular formula is C25H25ClF3N5O4. The zero-order chi connectivity index (χ0) is 27.9. The summed E-state index contributed by atoms with van der Waals surface area (Å²) in [6, 6.07) is 10.5. The van der Waals surface area contributed by atoms with E-state index >= 15 is 0 Å². The number of rotatable bonds is 9. The first kappa shape index (κ1) is 28.5. The molecule has 0 saturated heterocycles. The molecule has 1 heterocycles. The summed E-state index contributed by atoms with van der Waals surface area (Å²) in [5.74, 6) is -0.178. The highest BCUT2D eigenvalue weighted by molar-refractivity contribution is 6.32. The number of pyridine rings is 1. The molecule has 3 aromatic rings. The molecule has 0 fully saturated rings. The number of urea groups is 1. The minimum atomic E-state index is -4.84. The number of anilines is 2. The third-order valence-electron chi connectivity index (χ3n) is 4.97. The zero-order valence-electron chi connectivity index (χ0n) is 20.6. The van der Waals surface area contributed by atoms with Gasteiger partial charge in [-0.2, -0.15) is 13.2 Å². The first-order chi connectivity index (χ1) is 18.0. The van der Waals surface area contributed by atoms with Crippen molar-refractivity contribution in [2.24, 2.45) is 0 Å². The zero-order valence-corrected chi connectivity index (χ0v) is 21.4. The number of nitrogens with zero attached hydrogens (tertiary/aromatic N) is 2. The van der Waals surface area contributed by atoms with Crippen LogP contribution in [-0.2, 0) is 6.18 Å². The van der Waals surface area contributed by atoms with Crippen molar-refractivity contribution in [3.05, 3.63) is 71.0 Å². The van der Waals surface area contributed by atoms with E-state index in [4.69, 9.17) is 21.1 Å². The van der Waals surface area contributed by atoms with Crippen LogP contribution in [0.5, 0.6) is 17.2 Å². The van der Waals surface area contributed by atoms with Gasteiger partial charge in [-0.15, -0.1) is 0 Å². The van der Waals surface area contributed by atoms with Crippen LogP contribution in [0.25, 0.3) is 0 Å². The molecule has 0 aliphatic rings. The second-order valence-electron chi connectivity index (χ2n) is 8.11. The molecule has 1 aromatic heterocycles. The van der Waals surface area contributed by atoms with Gasteiger partial charge in [0.05, 0.1) is 10.7 Å². The monoisotopic (exact) mass is 551 g/mol. The van der Waals surface area contributed by atoms with Crippen molar-refractivity contribution in [1.29, 1.82) is 0 Å². The first-order valence-corrected chi connectivity index (χ1v) is 11.6. The Kier molecular flexibility index (Phi) is 9.37. The molecule has 0 aliphatic carbocycles. The summed E-state index contributed by atoms with van der Waals surface area (Å²) in [4.78, 5) is 29.9. The number of carbonyl (C=O) groups is 2. The van der Waals surface area contributed by atoms with Gasteiger partial charge in [-0.05, 0) is 56.6 Å². The number of halogens is 4. The Labute approximate surface area is 221 Å². The van der Waals surface area contributed by atoms with Crippen molar-refractivity contribution in [2.45, 2.75) is 6.18 Å². The molecule has 0 bridgehead atoms. The van der Waals surface area contributed by atoms with E-state index in [1.807, 2.05) is 0 Å². The molecule has 2 aromatic carbocycles. The van der Waals surface area contributed by atoms with Gasteiger partial charge in [0.15, 0.2) is 5.75 Å². The number of hydrogen-bond acceptors (Lipinski definition) is 6. The number of carbonyl (C=O) groups excluding carboxylic acids is 2. The van der Waals surface area contributed by atoms with Gasteiger partial charge in [-0.25, -0.2) is 4.79 Å². The average Bonchev–Trinajstić information content (AvgIpc) is 2.85. The molecule has 0 radical (unpaired) electrons. The van der Waals surface area contributed by atoms with Crippen LogP contribution >= 0.6 is 11.6 Å². The molecule has 0 unspecified atom stereocenters. The lowest BCUT2D eigenvalue weighted by Gasteiger charge is -2.20. The van der Waals surface area contributed by atoms with Crippen molar-refractivity contribution >= 4 is 34.9 Å². The summed E-state index contributed by atoms with van der Waals surface area (Å²) in [6.45, 7) is 0.328. The molecule has 3 N–H and O–H groups in total. The smallest absolute Gasteiger partial charge is 0.422 e. The summed E-state index contributed by atoms with van der Waals surface area (Å²) in [5, 5.41) is 6.92. The Morgan fingerprint density at radius 3 is 2.37 bits per heavy atom. The van der Waals surface area contributed by atoms with E-state index < -0.39 is 29.2 Å². The van der Waals surface area contributed by atoms with Gasteiger partial charge in [0.2, 0.25) is 0 Å². The Bertz CT molecular complexity index is 1290. The van der Waals surface area contributed by atoms with Gasteiger partial charge in [0, 0.05) is 31.5 Å². The summed E-state index contributed by atoms with van der Waals surface area (Å²) >= 11 is 5.99. The number of hydrogen-bond donors (Lipinski definition) is 3. The maximum Gasteiger partial charge on any atom is 0.422 e. The third kappa shape index (κ3) is 7.73. The van der Waals surface area contributed by atoms with Crippen LogP contribution in [-0.4, -0.2) is 56.1 Å². The molecule has 9 nitrogen and oxygen atoms in total. The number of alkyl halides is 3. The SMILES string of the molecule is CNC(=O)c1cc(Oc2ccc(NC(=O)Nc3ccc(Cl)c(OCCN(C)C)c3C(F)(F)F)cc2)ccn1. The van der Waals surface area contributed by atoms with E-state index in [0.29, 0.717) is 23.7 Å². The minimum Gasteiger partial charge on any atom is -0.490 e. The number of amides is 3. The van der Waals surface area contributed by atoms with Crippen LogP contribution in [0.4, 0.5) is 29.3 Å². The predicted molar refractivity (Wildman–Crippen MR) is 137 cm³/mol. The number of nitrogens with one attached hydrogen (secondary N) is 3. The number of benzene rings is 2. The molecule has 38 heavy (non-hydrogen) atoms. The lowest BCUT2D eigenvalue weighted by molar-refractivity contribution is -0.138. The number of aromatic nitrogens is 1. The second-order valence-corrected chi connectivity index (χ2v) is 8.52. The van der Waals surface area contributed by atoms with Crippen molar-refractivity contribution in [2.75, 3.05) is 44.9 Å². The van der Waals surface area contributed by atoms with E-state index in [0.717, 1.165) is 6.07 Å². The Balaban J connectivity index is 1.71. The van der Waals surface area contributed by atoms with E-state index in [1.165, 1.54) is 49.6 Å². The molecule has 13 heteroatoms. The van der Waals surface area contributed by atoms with Gasteiger partial charge in [-0.1, -0.05) is 11.6 Å². The second kappa shape index (κ2) is 12.5. The topological polar surface area (TPSA) is 105 Å². The number of likely N-dealkylation sites (N-methyl/N-ethyl adjacent to an activating group) is 1. The van der Waals surface area contributed by atoms with Gasteiger partial charge < -0.3 is 30.3 Å². The van der Waals surface area contributed by atoms with Crippen LogP contribution in [0.3, 0.4) is 0 Å². The normalized spacial score (nSPS) is 11.2. The van der Waals surface area contributed by atoms with Crippen LogP contribution in [0.15, 0.2) is 54.7 Å². The molecule has 202 valence electrons. The highest BCUT2D eigenvalue weighted by atomic mass is 35.5. The van der Waals surface area contributed by atoms with E-state index in [9.17, 15) is 22.8 Å². The first-order valence-electron chi connectivity index (χ1n) is 11.2. The Morgan fingerprint density at radius 2 is 1.74 bits per heavy atom. The fourth-order valence-corrected chi connectivity index (χ4v) is 3.38. The predicted octanol–water partition coefficient (Wildman–Crippen LogP) is 5.49.